The molecule has 0 atom stereocenters. The van der Waals surface area contributed by atoms with E-state index in [1.54, 1.807) is 0 Å². The molecule has 0 aliphatic rings. The molecule has 12 heavy (non-hydrogen) atoms. The van der Waals surface area contributed by atoms with E-state index in [1.807, 2.05) is 0 Å². The standard InChI is InChI=1S/C6H3Cl3O.C2H4/c7-3-1-4(8)6(10)5(9)2-3;1-2/h1-2,10H;1-2H2. The fourth-order valence-corrected chi connectivity index (χ4v) is 1.35. The Bertz CT molecular complexity index is 250. The van der Waals surface area contributed by atoms with Crippen LogP contribution in [0.15, 0.2) is 25.3 Å². The first kappa shape index (κ1) is 11.6. The van der Waals surface area contributed by atoms with Crippen molar-refractivity contribution in [3.63, 3.8) is 0 Å². The van der Waals surface area contributed by atoms with Crippen molar-refractivity contribution in [3.05, 3.63) is 40.4 Å². The quantitative estimate of drug-likeness (QED) is 0.658. The summed E-state index contributed by atoms with van der Waals surface area (Å²) in [4.78, 5) is 0. The van der Waals surface area contributed by atoms with Crippen molar-refractivity contribution in [3.8, 4) is 5.75 Å². The van der Waals surface area contributed by atoms with Crippen LogP contribution in [0.5, 0.6) is 5.75 Å². The largest absolute Gasteiger partial charge is 0.505 e. The van der Waals surface area contributed by atoms with Gasteiger partial charge in [0, 0.05) is 5.02 Å². The lowest BCUT2D eigenvalue weighted by Gasteiger charge is -1.98. The Labute approximate surface area is 86.2 Å². The average Bonchev–Trinajstić information content (AvgIpc) is 2.04. The molecule has 0 aliphatic carbocycles. The Balaban J connectivity index is 0.000000561. The van der Waals surface area contributed by atoms with Crippen LogP contribution in [-0.4, -0.2) is 5.11 Å². The maximum Gasteiger partial charge on any atom is 0.152 e. The lowest BCUT2D eigenvalue weighted by Crippen LogP contribution is -1.70. The monoisotopic (exact) mass is 224 g/mol. The molecule has 0 aliphatic heterocycles. The fraction of sp³-hybridized carbons (Fsp3) is 0. The van der Waals surface area contributed by atoms with E-state index in [1.165, 1.54) is 12.1 Å². The second kappa shape index (κ2) is 5.31. The Hall–Kier alpha value is -0.370. The van der Waals surface area contributed by atoms with Crippen LogP contribution in [0.1, 0.15) is 0 Å². The van der Waals surface area contributed by atoms with Crippen molar-refractivity contribution < 1.29 is 5.11 Å². The molecular weight excluding hydrogens is 218 g/mol. The summed E-state index contributed by atoms with van der Waals surface area (Å²) >= 11 is 16.5. The summed E-state index contributed by atoms with van der Waals surface area (Å²) in [6, 6.07) is 2.84. The third-order valence-corrected chi connectivity index (χ3v) is 1.78. The van der Waals surface area contributed by atoms with Gasteiger partial charge in [0.2, 0.25) is 0 Å². The predicted octanol–water partition coefficient (Wildman–Crippen LogP) is 4.15. The highest BCUT2D eigenvalue weighted by Gasteiger charge is 2.03. The summed E-state index contributed by atoms with van der Waals surface area (Å²) in [6.07, 6.45) is 0. The summed E-state index contributed by atoms with van der Waals surface area (Å²) in [7, 11) is 0. The minimum Gasteiger partial charge on any atom is -0.505 e. The molecule has 1 aromatic carbocycles. The van der Waals surface area contributed by atoms with E-state index in [0.29, 0.717) is 5.02 Å². The molecule has 0 unspecified atom stereocenters. The molecule has 66 valence electrons. The van der Waals surface area contributed by atoms with Gasteiger partial charge in [0.1, 0.15) is 0 Å². The molecule has 4 heteroatoms. The highest BCUT2D eigenvalue weighted by atomic mass is 35.5. The van der Waals surface area contributed by atoms with E-state index in [0.717, 1.165) is 0 Å². The van der Waals surface area contributed by atoms with Crippen molar-refractivity contribution >= 4 is 34.8 Å². The number of phenols is 1. The van der Waals surface area contributed by atoms with Gasteiger partial charge in [0.25, 0.3) is 0 Å². The van der Waals surface area contributed by atoms with Crippen LogP contribution in [0.25, 0.3) is 0 Å². The summed E-state index contributed by atoms with van der Waals surface area (Å²) < 4.78 is 0. The molecule has 0 saturated heterocycles. The second-order valence-corrected chi connectivity index (χ2v) is 2.97. The predicted molar refractivity (Wildman–Crippen MR) is 54.4 cm³/mol. The molecule has 0 amide bonds. The Morgan fingerprint density at radius 3 is 1.67 bits per heavy atom. The molecule has 1 nitrogen and oxygen atoms in total. The van der Waals surface area contributed by atoms with Gasteiger partial charge in [-0.2, -0.15) is 0 Å². The summed E-state index contributed by atoms with van der Waals surface area (Å²) in [5.41, 5.74) is 0. The van der Waals surface area contributed by atoms with Gasteiger partial charge < -0.3 is 5.11 Å². The Morgan fingerprint density at radius 1 is 1.00 bits per heavy atom. The lowest BCUT2D eigenvalue weighted by atomic mass is 10.3. The third kappa shape index (κ3) is 2.94. The van der Waals surface area contributed by atoms with E-state index < -0.39 is 0 Å². The van der Waals surface area contributed by atoms with Gasteiger partial charge in [0.15, 0.2) is 5.75 Å². The molecule has 1 N–H and O–H groups in total. The van der Waals surface area contributed by atoms with Gasteiger partial charge in [-0.25, -0.2) is 0 Å². The first-order chi connectivity index (χ1) is 5.61. The topological polar surface area (TPSA) is 20.2 Å². The maximum absolute atomic E-state index is 9.01. The van der Waals surface area contributed by atoms with E-state index in [4.69, 9.17) is 39.9 Å². The van der Waals surface area contributed by atoms with Gasteiger partial charge >= 0.3 is 0 Å². The molecule has 0 spiro atoms. The fourth-order valence-electron chi connectivity index (χ4n) is 0.535. The molecule has 0 bridgehead atoms. The first-order valence-corrected chi connectivity index (χ1v) is 4.08. The highest BCUT2D eigenvalue weighted by molar-refractivity contribution is 6.40. The second-order valence-electron chi connectivity index (χ2n) is 1.72. The van der Waals surface area contributed by atoms with Gasteiger partial charge in [-0.15, -0.1) is 13.2 Å². The van der Waals surface area contributed by atoms with Crippen LogP contribution in [0.3, 0.4) is 0 Å². The van der Waals surface area contributed by atoms with Crippen molar-refractivity contribution in [2.24, 2.45) is 0 Å². The van der Waals surface area contributed by atoms with Crippen LogP contribution in [0.4, 0.5) is 0 Å². The molecule has 1 aromatic rings. The number of rotatable bonds is 0. The van der Waals surface area contributed by atoms with E-state index in [9.17, 15) is 0 Å². The SMILES string of the molecule is C=C.Oc1c(Cl)cc(Cl)cc1Cl. The van der Waals surface area contributed by atoms with Crippen LogP contribution in [0, 0.1) is 0 Å². The smallest absolute Gasteiger partial charge is 0.152 e. The van der Waals surface area contributed by atoms with Gasteiger partial charge in [-0.3, -0.25) is 0 Å². The van der Waals surface area contributed by atoms with Gasteiger partial charge in [0.05, 0.1) is 10.0 Å². The molecule has 0 radical (unpaired) electrons. The zero-order valence-corrected chi connectivity index (χ0v) is 8.42. The first-order valence-electron chi connectivity index (χ1n) is 2.95. The van der Waals surface area contributed by atoms with Gasteiger partial charge in [-0.1, -0.05) is 34.8 Å². The van der Waals surface area contributed by atoms with Crippen LogP contribution < -0.4 is 0 Å². The zero-order chi connectivity index (χ0) is 9.72. The van der Waals surface area contributed by atoms with E-state index in [2.05, 4.69) is 13.2 Å². The molecule has 1 rings (SSSR count). The minimum atomic E-state index is -0.132. The number of hydrogen-bond acceptors (Lipinski definition) is 1. The Kier molecular flexibility index (Phi) is 5.14. The van der Waals surface area contributed by atoms with Crippen LogP contribution in [-0.2, 0) is 0 Å². The Morgan fingerprint density at radius 2 is 1.33 bits per heavy atom. The number of hydrogen-bond donors (Lipinski definition) is 1. The number of aromatic hydroxyl groups is 1. The van der Waals surface area contributed by atoms with Crippen molar-refractivity contribution in [1.29, 1.82) is 0 Å². The molecule has 0 heterocycles. The van der Waals surface area contributed by atoms with Gasteiger partial charge in [-0.05, 0) is 12.1 Å². The number of halogens is 3. The molecule has 0 saturated carbocycles. The molecular formula is C8H7Cl3O. The average molecular weight is 226 g/mol. The summed E-state index contributed by atoms with van der Waals surface area (Å²) in [6.45, 7) is 6.00. The molecule has 0 aromatic heterocycles. The van der Waals surface area contributed by atoms with E-state index >= 15 is 0 Å². The molecule has 0 fully saturated rings. The van der Waals surface area contributed by atoms with Crippen molar-refractivity contribution in [2.45, 2.75) is 0 Å². The minimum absolute atomic E-state index is 0.132. The number of phenolic OH excluding ortho intramolecular Hbond substituents is 1. The summed E-state index contributed by atoms with van der Waals surface area (Å²) in [5, 5.41) is 9.75. The van der Waals surface area contributed by atoms with Crippen molar-refractivity contribution in [1.82, 2.24) is 0 Å². The normalized spacial score (nSPS) is 8.58. The van der Waals surface area contributed by atoms with Crippen molar-refractivity contribution in [2.75, 3.05) is 0 Å². The van der Waals surface area contributed by atoms with Crippen LogP contribution in [0.2, 0.25) is 15.1 Å². The number of benzene rings is 1. The highest BCUT2D eigenvalue weighted by Crippen LogP contribution is 2.34. The van der Waals surface area contributed by atoms with Crippen LogP contribution >= 0.6 is 34.8 Å². The van der Waals surface area contributed by atoms with E-state index in [-0.39, 0.29) is 15.8 Å². The zero-order valence-electron chi connectivity index (χ0n) is 6.15. The third-order valence-electron chi connectivity index (χ3n) is 0.982. The summed E-state index contributed by atoms with van der Waals surface area (Å²) in [5.74, 6) is -0.132. The lowest BCUT2D eigenvalue weighted by molar-refractivity contribution is 0.476. The maximum atomic E-state index is 9.01.